The van der Waals surface area contributed by atoms with Crippen molar-refractivity contribution >= 4 is 40.9 Å². The number of nitrogens with zero attached hydrogens (tertiary/aromatic N) is 3. The van der Waals surface area contributed by atoms with Gasteiger partial charge in [0.05, 0.1) is 21.8 Å². The van der Waals surface area contributed by atoms with E-state index in [-0.39, 0.29) is 24.3 Å². The van der Waals surface area contributed by atoms with Gasteiger partial charge in [0.15, 0.2) is 5.82 Å². The van der Waals surface area contributed by atoms with Crippen LogP contribution in [0.15, 0.2) is 41.6 Å². The molecule has 2 aromatic carbocycles. The van der Waals surface area contributed by atoms with Crippen molar-refractivity contribution in [3.05, 3.63) is 69.0 Å². The Bertz CT molecular complexity index is 1070. The normalized spacial score (nSPS) is 11.9. The molecular formula is C21H23Cl2N5O2S. The zero-order valence-electron chi connectivity index (χ0n) is 17.4. The molecule has 1 amide bonds. The molecule has 7 nitrogen and oxygen atoms in total. The van der Waals surface area contributed by atoms with Gasteiger partial charge in [0.25, 0.3) is 0 Å². The zero-order valence-corrected chi connectivity index (χ0v) is 19.7. The van der Waals surface area contributed by atoms with E-state index in [9.17, 15) is 4.79 Å². The number of carbonyl (C=O) groups is 1. The number of hydrogen-bond donors (Lipinski definition) is 2. The lowest BCUT2D eigenvalue weighted by molar-refractivity contribution is -0.119. The molecule has 1 atom stereocenters. The molecule has 0 saturated carbocycles. The Morgan fingerprint density at radius 1 is 1.16 bits per heavy atom. The highest BCUT2D eigenvalue weighted by molar-refractivity contribution is 7.99. The van der Waals surface area contributed by atoms with Gasteiger partial charge >= 0.3 is 0 Å². The van der Waals surface area contributed by atoms with E-state index >= 15 is 0 Å². The van der Waals surface area contributed by atoms with Crippen molar-refractivity contribution < 1.29 is 9.53 Å². The molecule has 0 aliphatic rings. The van der Waals surface area contributed by atoms with Crippen LogP contribution in [0.3, 0.4) is 0 Å². The molecule has 164 valence electrons. The zero-order chi connectivity index (χ0) is 22.5. The van der Waals surface area contributed by atoms with Gasteiger partial charge in [-0.3, -0.25) is 4.79 Å². The van der Waals surface area contributed by atoms with Crippen LogP contribution < -0.4 is 15.9 Å². The van der Waals surface area contributed by atoms with Crippen LogP contribution >= 0.6 is 35.0 Å². The molecule has 1 aromatic heterocycles. The van der Waals surface area contributed by atoms with Crippen molar-refractivity contribution in [2.45, 2.75) is 38.6 Å². The topological polar surface area (TPSA) is 95.1 Å². The van der Waals surface area contributed by atoms with Gasteiger partial charge in [-0.2, -0.15) is 0 Å². The molecule has 0 fully saturated rings. The summed E-state index contributed by atoms with van der Waals surface area (Å²) in [6.07, 6.45) is 0. The molecule has 1 heterocycles. The van der Waals surface area contributed by atoms with E-state index in [1.807, 2.05) is 39.0 Å². The van der Waals surface area contributed by atoms with Gasteiger partial charge in [-0.1, -0.05) is 47.1 Å². The molecule has 0 saturated heterocycles. The molecule has 0 spiro atoms. The quantitative estimate of drug-likeness (QED) is 0.365. The smallest absolute Gasteiger partial charge is 0.230 e. The van der Waals surface area contributed by atoms with E-state index in [2.05, 4.69) is 21.6 Å². The number of nitrogen functional groups attached to an aromatic ring is 1. The molecule has 3 rings (SSSR count). The number of thioether (sulfide) groups is 1. The molecule has 0 aliphatic carbocycles. The average molecular weight is 480 g/mol. The van der Waals surface area contributed by atoms with Gasteiger partial charge in [-0.15, -0.1) is 10.2 Å². The Kier molecular flexibility index (Phi) is 7.69. The Morgan fingerprint density at radius 3 is 2.55 bits per heavy atom. The SMILES string of the molecule is Cc1cc(C)cc(OCc2nnc(SCC(=O)NC(C)c3ccc(Cl)c(Cl)c3)n2N)c1. The van der Waals surface area contributed by atoms with E-state index in [0.29, 0.717) is 21.0 Å². The second-order valence-electron chi connectivity index (χ2n) is 7.13. The largest absolute Gasteiger partial charge is 0.486 e. The summed E-state index contributed by atoms with van der Waals surface area (Å²) in [6, 6.07) is 11.0. The number of amides is 1. The van der Waals surface area contributed by atoms with Crippen molar-refractivity contribution in [2.75, 3.05) is 11.6 Å². The summed E-state index contributed by atoms with van der Waals surface area (Å²) < 4.78 is 7.12. The fourth-order valence-corrected chi connectivity index (χ4v) is 3.94. The van der Waals surface area contributed by atoms with Crippen LogP contribution in [0, 0.1) is 13.8 Å². The maximum atomic E-state index is 12.3. The number of halogens is 2. The monoisotopic (exact) mass is 479 g/mol. The fourth-order valence-electron chi connectivity index (χ4n) is 2.95. The summed E-state index contributed by atoms with van der Waals surface area (Å²) in [5, 5.41) is 12.4. The average Bonchev–Trinajstić information content (AvgIpc) is 3.05. The molecule has 0 aliphatic heterocycles. The van der Waals surface area contributed by atoms with Crippen LogP contribution in [-0.2, 0) is 11.4 Å². The predicted octanol–water partition coefficient (Wildman–Crippen LogP) is 4.46. The summed E-state index contributed by atoms with van der Waals surface area (Å²) >= 11 is 13.2. The minimum atomic E-state index is -0.222. The minimum absolute atomic E-state index is 0.138. The predicted molar refractivity (Wildman–Crippen MR) is 124 cm³/mol. The van der Waals surface area contributed by atoms with Crippen molar-refractivity contribution in [1.29, 1.82) is 0 Å². The molecule has 3 aromatic rings. The van der Waals surface area contributed by atoms with E-state index in [4.69, 9.17) is 33.8 Å². The van der Waals surface area contributed by atoms with Crippen LogP contribution in [0.25, 0.3) is 0 Å². The number of aromatic nitrogens is 3. The van der Waals surface area contributed by atoms with Crippen LogP contribution in [0.1, 0.15) is 35.5 Å². The van der Waals surface area contributed by atoms with Crippen LogP contribution in [0.2, 0.25) is 10.0 Å². The maximum Gasteiger partial charge on any atom is 0.230 e. The highest BCUT2D eigenvalue weighted by Gasteiger charge is 2.15. The number of nitrogens with two attached hydrogens (primary N) is 1. The van der Waals surface area contributed by atoms with Crippen LogP contribution in [-0.4, -0.2) is 26.5 Å². The van der Waals surface area contributed by atoms with Gasteiger partial charge < -0.3 is 15.9 Å². The van der Waals surface area contributed by atoms with Crippen molar-refractivity contribution in [3.8, 4) is 5.75 Å². The molecule has 0 bridgehead atoms. The third-order valence-corrected chi connectivity index (χ3v) is 6.13. The molecule has 0 radical (unpaired) electrons. The summed E-state index contributed by atoms with van der Waals surface area (Å²) in [5.74, 6) is 7.24. The van der Waals surface area contributed by atoms with Crippen LogP contribution in [0.4, 0.5) is 0 Å². The molecule has 3 N–H and O–H groups in total. The number of hydrogen-bond acceptors (Lipinski definition) is 6. The first kappa shape index (κ1) is 23.2. The number of aryl methyl sites for hydroxylation is 2. The number of carbonyl (C=O) groups excluding carboxylic acids is 1. The molecule has 10 heteroatoms. The maximum absolute atomic E-state index is 12.3. The Morgan fingerprint density at radius 2 is 1.87 bits per heavy atom. The number of rotatable bonds is 8. The van der Waals surface area contributed by atoms with Gasteiger partial charge in [-0.25, -0.2) is 4.68 Å². The van der Waals surface area contributed by atoms with Gasteiger partial charge in [-0.05, 0) is 61.7 Å². The highest BCUT2D eigenvalue weighted by atomic mass is 35.5. The number of benzene rings is 2. The van der Waals surface area contributed by atoms with Crippen molar-refractivity contribution in [2.24, 2.45) is 0 Å². The lowest BCUT2D eigenvalue weighted by Crippen LogP contribution is -2.28. The first-order valence-electron chi connectivity index (χ1n) is 9.50. The summed E-state index contributed by atoms with van der Waals surface area (Å²) in [4.78, 5) is 12.3. The molecular weight excluding hydrogens is 457 g/mol. The Labute approximate surface area is 195 Å². The Hall–Kier alpha value is -2.42. The first-order valence-corrected chi connectivity index (χ1v) is 11.2. The first-order chi connectivity index (χ1) is 14.7. The van der Waals surface area contributed by atoms with Crippen LogP contribution in [0.5, 0.6) is 5.75 Å². The van der Waals surface area contributed by atoms with Crippen molar-refractivity contribution in [1.82, 2.24) is 20.2 Å². The lowest BCUT2D eigenvalue weighted by Gasteiger charge is -2.14. The van der Waals surface area contributed by atoms with E-state index in [0.717, 1.165) is 22.4 Å². The van der Waals surface area contributed by atoms with Crippen molar-refractivity contribution in [3.63, 3.8) is 0 Å². The lowest BCUT2D eigenvalue weighted by atomic mass is 10.1. The highest BCUT2D eigenvalue weighted by Crippen LogP contribution is 2.26. The number of ether oxygens (including phenoxy) is 1. The Balaban J connectivity index is 1.53. The number of nitrogens with one attached hydrogen (secondary N) is 1. The third-order valence-electron chi connectivity index (χ3n) is 4.45. The van der Waals surface area contributed by atoms with Gasteiger partial charge in [0.2, 0.25) is 11.1 Å². The summed E-state index contributed by atoms with van der Waals surface area (Å²) in [7, 11) is 0. The summed E-state index contributed by atoms with van der Waals surface area (Å²) in [5.41, 5.74) is 3.09. The minimum Gasteiger partial charge on any atom is -0.486 e. The second-order valence-corrected chi connectivity index (χ2v) is 8.89. The van der Waals surface area contributed by atoms with E-state index in [1.54, 1.807) is 12.1 Å². The summed E-state index contributed by atoms with van der Waals surface area (Å²) in [6.45, 7) is 6.06. The van der Waals surface area contributed by atoms with Gasteiger partial charge in [0.1, 0.15) is 12.4 Å². The second kappa shape index (κ2) is 10.3. The molecule has 1 unspecified atom stereocenters. The standard InChI is InChI=1S/C21H23Cl2N5O2S/c1-12-6-13(2)8-16(7-12)30-10-19-26-27-21(28(19)24)31-11-20(29)25-14(3)15-4-5-17(22)18(23)9-15/h4-9,14H,10-11,24H2,1-3H3,(H,25,29). The van der Waals surface area contributed by atoms with E-state index < -0.39 is 0 Å². The molecule has 31 heavy (non-hydrogen) atoms. The van der Waals surface area contributed by atoms with Gasteiger partial charge in [0, 0.05) is 0 Å². The fraction of sp³-hybridized carbons (Fsp3) is 0.286. The van der Waals surface area contributed by atoms with E-state index in [1.165, 1.54) is 16.4 Å². The third kappa shape index (κ3) is 6.29.